The van der Waals surface area contributed by atoms with E-state index in [0.29, 0.717) is 6.54 Å². The maximum Gasteiger partial charge on any atom is 0.247 e. The molecule has 0 unspecified atom stereocenters. The van der Waals surface area contributed by atoms with Gasteiger partial charge in [0.15, 0.2) is 0 Å². The highest BCUT2D eigenvalue weighted by Gasteiger charge is 2.39. The summed E-state index contributed by atoms with van der Waals surface area (Å²) in [5, 5.41) is 21.1. The maximum absolute atomic E-state index is 2.56. The average Bonchev–Trinajstić information content (AvgIpc) is 0.989. The van der Waals surface area contributed by atoms with E-state index >= 15 is 0 Å². The quantitative estimate of drug-likeness (QED) is 0.0848. The molecule has 2 aliphatic rings. The van der Waals surface area contributed by atoms with E-state index in [1.165, 1.54) is 172 Å². The molecule has 2 aliphatic heterocycles. The highest BCUT2D eigenvalue weighted by molar-refractivity contribution is 8.01. The Bertz CT molecular complexity index is 5220. The van der Waals surface area contributed by atoms with Crippen LogP contribution in [0.15, 0.2) is 311 Å². The molecule has 0 fully saturated rings. The third-order valence-corrected chi connectivity index (χ3v) is 21.4. The topological polar surface area (TPSA) is 3.24 Å². The van der Waals surface area contributed by atoms with Crippen molar-refractivity contribution in [3.05, 3.63) is 297 Å². The van der Waals surface area contributed by atoms with Crippen molar-refractivity contribution < 1.29 is 0 Å². The number of hydrogen-bond donors (Lipinski definition) is 0. The van der Waals surface area contributed by atoms with Gasteiger partial charge in [0.25, 0.3) is 0 Å². The molecule has 0 aromatic heterocycles. The van der Waals surface area contributed by atoms with E-state index in [0.717, 1.165) is 11.4 Å². The molecule has 17 aromatic rings. The van der Waals surface area contributed by atoms with Crippen molar-refractivity contribution in [1.29, 1.82) is 0 Å². The summed E-state index contributed by atoms with van der Waals surface area (Å²) < 4.78 is 0. The number of hydrogen-bond acceptors (Lipinski definition) is 3. The number of fused-ring (bicyclic) bond motifs is 8. The monoisotopic (exact) mass is 1140 g/mol. The minimum absolute atomic E-state index is 0.0116. The van der Waals surface area contributed by atoms with Gasteiger partial charge in [0.05, 0.1) is 0 Å². The van der Waals surface area contributed by atoms with Gasteiger partial charge in [0.2, 0.25) is 6.71 Å². The normalized spacial score (nSPS) is 12.8. The third-order valence-electron chi connectivity index (χ3n) is 19.1. The molecular weight excluding hydrogens is 1090 g/mol. The van der Waals surface area contributed by atoms with Crippen molar-refractivity contribution in [2.45, 2.75) is 26.1 Å². The van der Waals surface area contributed by atoms with Crippen molar-refractivity contribution in [1.82, 2.24) is 0 Å². The minimum atomic E-state index is 0.0116. The first-order chi connectivity index (χ1) is 43.1. The molecule has 0 aliphatic carbocycles. The van der Waals surface area contributed by atoms with Crippen molar-refractivity contribution in [2.24, 2.45) is 0 Å². The van der Waals surface area contributed by atoms with Crippen molar-refractivity contribution in [2.75, 3.05) is 4.90 Å². The second-order valence-corrected chi connectivity index (χ2v) is 25.9. The van der Waals surface area contributed by atoms with E-state index in [1.54, 1.807) is 0 Å². The second-order valence-electron chi connectivity index (χ2n) is 23.8. The second kappa shape index (κ2) is 19.2. The van der Waals surface area contributed by atoms with E-state index < -0.39 is 0 Å². The summed E-state index contributed by atoms with van der Waals surface area (Å²) in [5.74, 6) is 0. The van der Waals surface area contributed by atoms with Crippen LogP contribution in [0, 0.1) is 0 Å². The Morgan fingerprint density at radius 2 is 0.621 bits per heavy atom. The lowest BCUT2D eigenvalue weighted by Crippen LogP contribution is -2.58. The van der Waals surface area contributed by atoms with E-state index in [-0.39, 0.29) is 6.71 Å². The molecule has 402 valence electrons. The van der Waals surface area contributed by atoms with Crippen LogP contribution in [0.25, 0.3) is 131 Å². The summed E-state index contributed by atoms with van der Waals surface area (Å²) in [6, 6.07) is 110. The largest absolute Gasteiger partial charge is 0.337 e. The highest BCUT2D eigenvalue weighted by Crippen LogP contribution is 2.48. The van der Waals surface area contributed by atoms with E-state index in [1.807, 2.05) is 23.5 Å². The van der Waals surface area contributed by atoms with Gasteiger partial charge in [-0.15, -0.1) is 0 Å². The van der Waals surface area contributed by atoms with Crippen LogP contribution in [-0.2, 0) is 6.54 Å². The molecule has 0 amide bonds. The lowest BCUT2D eigenvalue weighted by Gasteiger charge is -2.34. The zero-order valence-electron chi connectivity index (χ0n) is 47.3. The molecular formula is C83H50BNS2. The van der Waals surface area contributed by atoms with Gasteiger partial charge in [-0.25, -0.2) is 0 Å². The summed E-state index contributed by atoms with van der Waals surface area (Å²) in [7, 11) is 0. The molecule has 2 heterocycles. The summed E-state index contributed by atoms with van der Waals surface area (Å²) in [4.78, 5) is 7.78. The summed E-state index contributed by atoms with van der Waals surface area (Å²) >= 11 is 3.89. The Balaban J connectivity index is 0.779. The molecule has 0 radical (unpaired) electrons. The van der Waals surface area contributed by atoms with E-state index in [9.17, 15) is 0 Å². The van der Waals surface area contributed by atoms with Crippen LogP contribution in [0.3, 0.4) is 0 Å². The lowest BCUT2D eigenvalue weighted by molar-refractivity contribution is 0.965. The van der Waals surface area contributed by atoms with Gasteiger partial charge in [0.1, 0.15) is 0 Å². The standard InChI is InChI=1S/C83H50BNS2/c1-3-13-51(14-4-1)53-29-35-59(36-30-53)85(60-37-31-54(32-38-60)52-15-5-2-6-16-52)49-50-45-77-83-78(46-50)87-76-44-34-58(62-40-42-72-68-24-10-20-56-18-8-22-66(80(56)68)70-28-12-26-64(62)82(70)72)48-74(76)84(83)73-47-57(33-43-75(73)86-77)61-39-41-71-67-23-9-19-55-17-7-21-65(79(55)67)69-27-11-25-63(61)81(69)71/h1-48H,49H2. The molecule has 0 spiro atoms. The molecule has 4 heteroatoms. The molecule has 1 nitrogen and oxygen atoms in total. The summed E-state index contributed by atoms with van der Waals surface area (Å²) in [6.45, 7) is 0.713. The highest BCUT2D eigenvalue weighted by atomic mass is 32.2. The van der Waals surface area contributed by atoms with Crippen LogP contribution in [0.5, 0.6) is 0 Å². The Morgan fingerprint density at radius 3 is 1.05 bits per heavy atom. The Hall–Kier alpha value is -10.1. The molecule has 0 N–H and O–H groups in total. The van der Waals surface area contributed by atoms with Crippen LogP contribution in [0.4, 0.5) is 11.4 Å². The van der Waals surface area contributed by atoms with Crippen LogP contribution in [0.1, 0.15) is 5.56 Å². The fourth-order valence-electron chi connectivity index (χ4n) is 15.2. The fourth-order valence-corrected chi connectivity index (χ4v) is 17.7. The van der Waals surface area contributed by atoms with Gasteiger partial charge < -0.3 is 4.90 Å². The minimum Gasteiger partial charge on any atom is -0.337 e. The van der Waals surface area contributed by atoms with Crippen LogP contribution < -0.4 is 21.3 Å². The molecule has 17 aromatic carbocycles. The van der Waals surface area contributed by atoms with Crippen molar-refractivity contribution in [3.63, 3.8) is 0 Å². The molecule has 0 saturated heterocycles. The SMILES string of the molecule is c1ccc(-c2ccc(N(Cc3cc4c5c(c3)Sc3ccc(-c6ccc7c8cccc9cccc(c%10cccc6c%107)c98)cc3B5c3cc(-c5ccc6c7cccc8cccc(c9cccc5c96)c87)ccc3S4)c3ccc(-c4ccccc4)cc3)cc2)cc1. The summed E-state index contributed by atoms with van der Waals surface area (Å²) in [5.41, 5.74) is 17.6. The zero-order chi connectivity index (χ0) is 56.8. The van der Waals surface area contributed by atoms with Crippen LogP contribution in [-0.4, -0.2) is 6.71 Å². The molecule has 0 bridgehead atoms. The van der Waals surface area contributed by atoms with E-state index in [2.05, 4.69) is 296 Å². The maximum atomic E-state index is 2.56. The predicted molar refractivity (Wildman–Crippen MR) is 375 cm³/mol. The smallest absolute Gasteiger partial charge is 0.247 e. The summed E-state index contributed by atoms with van der Waals surface area (Å²) in [6.07, 6.45) is 0. The van der Waals surface area contributed by atoms with E-state index in [4.69, 9.17) is 0 Å². The predicted octanol–water partition coefficient (Wildman–Crippen LogP) is 21.2. The molecule has 0 saturated carbocycles. The Kier molecular flexibility index (Phi) is 10.9. The van der Waals surface area contributed by atoms with Gasteiger partial charge in [-0.05, 0) is 190 Å². The number of anilines is 2. The van der Waals surface area contributed by atoms with Gasteiger partial charge >= 0.3 is 0 Å². The Morgan fingerprint density at radius 1 is 0.264 bits per heavy atom. The molecule has 19 rings (SSSR count). The van der Waals surface area contributed by atoms with Crippen LogP contribution in [0.2, 0.25) is 0 Å². The van der Waals surface area contributed by atoms with Crippen molar-refractivity contribution >= 4 is 144 Å². The van der Waals surface area contributed by atoms with Gasteiger partial charge in [0, 0.05) is 37.5 Å². The zero-order valence-corrected chi connectivity index (χ0v) is 48.9. The van der Waals surface area contributed by atoms with Gasteiger partial charge in [-0.3, -0.25) is 0 Å². The van der Waals surface area contributed by atoms with Gasteiger partial charge in [-0.1, -0.05) is 277 Å². The fraction of sp³-hybridized carbons (Fsp3) is 0.0120. The molecule has 0 atom stereocenters. The lowest BCUT2D eigenvalue weighted by atomic mass is 9.36. The number of rotatable bonds is 8. The first-order valence-corrected chi connectivity index (χ1v) is 31.8. The number of benzene rings is 17. The Labute approximate surface area is 512 Å². The van der Waals surface area contributed by atoms with Gasteiger partial charge in [-0.2, -0.15) is 0 Å². The average molecular weight is 1140 g/mol. The first-order valence-electron chi connectivity index (χ1n) is 30.2. The first kappa shape index (κ1) is 49.2. The van der Waals surface area contributed by atoms with Crippen molar-refractivity contribution in [3.8, 4) is 44.5 Å². The number of nitrogens with zero attached hydrogens (tertiary/aromatic N) is 1. The third kappa shape index (κ3) is 7.58. The molecule has 87 heavy (non-hydrogen) atoms. The van der Waals surface area contributed by atoms with Crippen LogP contribution >= 0.6 is 23.5 Å².